The van der Waals surface area contributed by atoms with Crippen LogP contribution in [0.5, 0.6) is 11.5 Å². The van der Waals surface area contributed by atoms with Gasteiger partial charge < -0.3 is 15.2 Å². The average Bonchev–Trinajstić information content (AvgIpc) is 2.81. The summed E-state index contributed by atoms with van der Waals surface area (Å²) in [7, 11) is 1.54. The number of carbonyl (C=O) groups is 1. The molecule has 1 saturated heterocycles. The highest BCUT2D eigenvalue weighted by atomic mass is 19.1. The molecule has 0 aromatic heterocycles. The van der Waals surface area contributed by atoms with Gasteiger partial charge in [-0.3, -0.25) is 9.69 Å². The Hall–Kier alpha value is -3.38. The molecule has 3 aromatic rings. The maximum absolute atomic E-state index is 13.5. The summed E-state index contributed by atoms with van der Waals surface area (Å²) in [4.78, 5) is 15.1. The minimum absolute atomic E-state index is 0.00488. The van der Waals surface area contributed by atoms with Crippen LogP contribution in [-0.2, 0) is 11.3 Å². The number of carbonyl (C=O) groups excluding carboxylic acids is 1. The van der Waals surface area contributed by atoms with Gasteiger partial charge in [-0.1, -0.05) is 36.4 Å². The zero-order valence-electron chi connectivity index (χ0n) is 18.1. The van der Waals surface area contributed by atoms with Gasteiger partial charge in [0, 0.05) is 23.7 Å². The van der Waals surface area contributed by atoms with Gasteiger partial charge >= 0.3 is 0 Å². The van der Waals surface area contributed by atoms with Crippen molar-refractivity contribution >= 4 is 11.6 Å². The van der Waals surface area contributed by atoms with E-state index < -0.39 is 0 Å². The lowest BCUT2D eigenvalue weighted by Crippen LogP contribution is -2.37. The predicted molar refractivity (Wildman–Crippen MR) is 123 cm³/mol. The molecule has 0 spiro atoms. The van der Waals surface area contributed by atoms with Gasteiger partial charge in [0.15, 0.2) is 11.5 Å². The van der Waals surface area contributed by atoms with Crippen molar-refractivity contribution in [3.05, 3.63) is 78.1 Å². The molecule has 1 heterocycles. The predicted octanol–water partition coefficient (Wildman–Crippen LogP) is 5.06. The Labute approximate surface area is 187 Å². The second kappa shape index (κ2) is 9.83. The number of hydrogen-bond acceptors (Lipinski definition) is 4. The van der Waals surface area contributed by atoms with Gasteiger partial charge in [0.2, 0.25) is 5.91 Å². The van der Waals surface area contributed by atoms with E-state index >= 15 is 0 Å². The van der Waals surface area contributed by atoms with Crippen LogP contribution in [0.15, 0.2) is 66.7 Å². The maximum atomic E-state index is 13.5. The Bertz CT molecular complexity index is 1090. The molecule has 4 rings (SSSR count). The van der Waals surface area contributed by atoms with E-state index in [9.17, 15) is 14.3 Å². The summed E-state index contributed by atoms with van der Waals surface area (Å²) in [6.45, 7) is 2.17. The van der Waals surface area contributed by atoms with Crippen molar-refractivity contribution in [3.63, 3.8) is 0 Å². The molecule has 0 atom stereocenters. The molecule has 2 N–H and O–H groups in total. The van der Waals surface area contributed by atoms with E-state index in [1.165, 1.54) is 19.2 Å². The van der Waals surface area contributed by atoms with E-state index in [1.807, 2.05) is 42.5 Å². The van der Waals surface area contributed by atoms with Gasteiger partial charge in [0.05, 0.1) is 7.11 Å². The number of hydrogen-bond donors (Lipinski definition) is 2. The number of piperidine rings is 1. The highest BCUT2D eigenvalue weighted by Gasteiger charge is 2.25. The molecule has 1 aliphatic heterocycles. The first-order valence-electron chi connectivity index (χ1n) is 10.8. The molecule has 166 valence electrons. The van der Waals surface area contributed by atoms with Crippen LogP contribution in [0.4, 0.5) is 10.1 Å². The minimum Gasteiger partial charge on any atom is -0.504 e. The number of rotatable bonds is 6. The topological polar surface area (TPSA) is 61.8 Å². The number of ether oxygens (including phenoxy) is 1. The third-order valence-electron chi connectivity index (χ3n) is 5.94. The molecule has 0 aliphatic carbocycles. The molecular weight excluding hydrogens is 407 g/mol. The van der Waals surface area contributed by atoms with Crippen LogP contribution in [0.25, 0.3) is 11.1 Å². The number of amides is 1. The Morgan fingerprint density at radius 2 is 1.75 bits per heavy atom. The van der Waals surface area contributed by atoms with Crippen molar-refractivity contribution < 1.29 is 19.0 Å². The lowest BCUT2D eigenvalue weighted by Gasteiger charge is -2.31. The molecule has 0 radical (unpaired) electrons. The third kappa shape index (κ3) is 5.08. The highest BCUT2D eigenvalue weighted by molar-refractivity contribution is 5.93. The third-order valence-corrected chi connectivity index (χ3v) is 5.94. The number of likely N-dealkylation sites (tertiary alicyclic amines) is 1. The second-order valence-corrected chi connectivity index (χ2v) is 8.10. The first-order chi connectivity index (χ1) is 15.5. The monoisotopic (exact) mass is 434 g/mol. The van der Waals surface area contributed by atoms with Crippen LogP contribution in [0, 0.1) is 11.7 Å². The summed E-state index contributed by atoms with van der Waals surface area (Å²) in [5.41, 5.74) is 3.16. The summed E-state index contributed by atoms with van der Waals surface area (Å²) in [6, 6.07) is 19.4. The molecule has 0 saturated carbocycles. The van der Waals surface area contributed by atoms with Gasteiger partial charge in [-0.15, -0.1) is 0 Å². The number of phenols is 1. The molecule has 1 aliphatic rings. The molecule has 0 bridgehead atoms. The second-order valence-electron chi connectivity index (χ2n) is 8.10. The number of nitrogens with one attached hydrogen (secondary N) is 1. The minimum atomic E-state index is -0.286. The van der Waals surface area contributed by atoms with Gasteiger partial charge in [0.1, 0.15) is 5.82 Å². The number of benzene rings is 3. The van der Waals surface area contributed by atoms with Crippen molar-refractivity contribution in [2.24, 2.45) is 5.92 Å². The molecule has 1 fully saturated rings. The number of methoxy groups -OCH3 is 1. The first-order valence-corrected chi connectivity index (χ1v) is 10.8. The van der Waals surface area contributed by atoms with Gasteiger partial charge in [0.25, 0.3) is 0 Å². The van der Waals surface area contributed by atoms with Crippen molar-refractivity contribution in [1.82, 2.24) is 4.90 Å². The highest BCUT2D eigenvalue weighted by Crippen LogP contribution is 2.31. The Morgan fingerprint density at radius 1 is 1.06 bits per heavy atom. The summed E-state index contributed by atoms with van der Waals surface area (Å²) in [5.74, 6) is 0.296. The zero-order chi connectivity index (χ0) is 22.5. The largest absolute Gasteiger partial charge is 0.504 e. The van der Waals surface area contributed by atoms with Crippen LogP contribution in [0.1, 0.15) is 18.4 Å². The maximum Gasteiger partial charge on any atom is 0.227 e. The smallest absolute Gasteiger partial charge is 0.227 e. The van der Waals surface area contributed by atoms with Crippen molar-refractivity contribution in [2.45, 2.75) is 19.4 Å². The Balaban J connectivity index is 1.34. The average molecular weight is 435 g/mol. The fourth-order valence-electron chi connectivity index (χ4n) is 4.14. The lowest BCUT2D eigenvalue weighted by molar-refractivity contribution is -0.121. The number of halogens is 1. The van der Waals surface area contributed by atoms with E-state index in [4.69, 9.17) is 4.74 Å². The number of para-hydroxylation sites is 1. The molecule has 5 nitrogen and oxygen atoms in total. The van der Waals surface area contributed by atoms with E-state index in [1.54, 1.807) is 12.1 Å². The number of phenolic OH excluding ortho intramolecular Hbond substituents is 1. The van der Waals surface area contributed by atoms with Crippen molar-refractivity contribution in [3.8, 4) is 22.6 Å². The Kier molecular flexibility index (Phi) is 6.71. The lowest BCUT2D eigenvalue weighted by atomic mass is 9.95. The van der Waals surface area contributed by atoms with Crippen LogP contribution < -0.4 is 10.1 Å². The fourth-order valence-corrected chi connectivity index (χ4v) is 4.14. The molecule has 32 heavy (non-hydrogen) atoms. The number of anilines is 1. The summed E-state index contributed by atoms with van der Waals surface area (Å²) < 4.78 is 18.7. The Morgan fingerprint density at radius 3 is 2.47 bits per heavy atom. The van der Waals surface area contributed by atoms with E-state index in [0.717, 1.165) is 42.6 Å². The standard InChI is InChI=1S/C26H27FN2O3/c1-32-24-10-4-7-21(25(24)30)17-29-13-11-18(12-14-29)26(31)28-23-9-3-6-20(16-23)19-5-2-8-22(27)15-19/h2-10,15-16,18,30H,11-14,17H2,1H3,(H,28,31). The number of nitrogens with zero attached hydrogens (tertiary/aromatic N) is 1. The van der Waals surface area contributed by atoms with E-state index in [0.29, 0.717) is 18.0 Å². The van der Waals surface area contributed by atoms with Crippen molar-refractivity contribution in [1.29, 1.82) is 0 Å². The molecule has 3 aromatic carbocycles. The van der Waals surface area contributed by atoms with Gasteiger partial charge in [-0.05, 0) is 67.4 Å². The van der Waals surface area contributed by atoms with Crippen LogP contribution in [0.2, 0.25) is 0 Å². The molecule has 6 heteroatoms. The van der Waals surface area contributed by atoms with Gasteiger partial charge in [-0.2, -0.15) is 0 Å². The fraction of sp³-hybridized carbons (Fsp3) is 0.269. The van der Waals surface area contributed by atoms with Crippen LogP contribution >= 0.6 is 0 Å². The zero-order valence-corrected chi connectivity index (χ0v) is 18.1. The van der Waals surface area contributed by atoms with Crippen LogP contribution in [-0.4, -0.2) is 36.1 Å². The van der Waals surface area contributed by atoms with Crippen molar-refractivity contribution in [2.75, 3.05) is 25.5 Å². The first kappa shape index (κ1) is 21.8. The summed E-state index contributed by atoms with van der Waals surface area (Å²) >= 11 is 0. The molecular formula is C26H27FN2O3. The van der Waals surface area contributed by atoms with E-state index in [-0.39, 0.29) is 23.4 Å². The SMILES string of the molecule is COc1cccc(CN2CCC(C(=O)Nc3cccc(-c4cccc(F)c4)c3)CC2)c1O. The molecule has 0 unspecified atom stereocenters. The summed E-state index contributed by atoms with van der Waals surface area (Å²) in [5, 5.41) is 13.3. The van der Waals surface area contributed by atoms with Crippen LogP contribution in [0.3, 0.4) is 0 Å². The van der Waals surface area contributed by atoms with Gasteiger partial charge in [-0.25, -0.2) is 4.39 Å². The normalized spacial score (nSPS) is 14.8. The molecule has 1 amide bonds. The number of aromatic hydroxyl groups is 1. The van der Waals surface area contributed by atoms with E-state index in [2.05, 4.69) is 10.2 Å². The summed E-state index contributed by atoms with van der Waals surface area (Å²) in [6.07, 6.45) is 1.50. The quantitative estimate of drug-likeness (QED) is 0.570.